The third kappa shape index (κ3) is 2.52. The molecule has 1 aromatic carbocycles. The molecule has 0 saturated carbocycles. The molecule has 0 aromatic heterocycles. The monoisotopic (exact) mass is 315 g/mol. The van der Waals surface area contributed by atoms with Crippen LogP contribution in [0.15, 0.2) is 18.2 Å². The fourth-order valence-electron chi connectivity index (χ4n) is 1.78. The van der Waals surface area contributed by atoms with Crippen molar-refractivity contribution in [2.45, 2.75) is 18.6 Å². The first kappa shape index (κ1) is 16.9. The van der Waals surface area contributed by atoms with Crippen LogP contribution in [-0.2, 0) is 8.85 Å². The largest absolute Gasteiger partial charge is 0.444 e. The molecule has 0 aliphatic carbocycles. The number of hydrogen-bond donors (Lipinski definition) is 0. The predicted octanol–water partition coefficient (Wildman–Crippen LogP) is 3.54. The Morgan fingerprint density at radius 3 is 2.20 bits per heavy atom. The number of rotatable bonds is 6. The molecule has 1 rings (SSSR count). The highest BCUT2D eigenvalue weighted by Gasteiger charge is 2.64. The van der Waals surface area contributed by atoms with Crippen molar-refractivity contribution in [1.29, 1.82) is 0 Å². The van der Waals surface area contributed by atoms with Gasteiger partial charge in [0.1, 0.15) is 5.69 Å². The van der Waals surface area contributed by atoms with Crippen molar-refractivity contribution in [1.82, 2.24) is 0 Å². The minimum atomic E-state index is -4.30. The Morgan fingerprint density at radius 1 is 1.20 bits per heavy atom. The van der Waals surface area contributed by atoms with Gasteiger partial charge in [0.05, 0.1) is 0 Å². The van der Waals surface area contributed by atoms with Gasteiger partial charge in [-0.1, -0.05) is 17.5 Å². The molecule has 0 saturated heterocycles. The van der Waals surface area contributed by atoms with Gasteiger partial charge >= 0.3 is 14.2 Å². The maximum absolute atomic E-state index is 14.2. The molecular weight excluding hydrogens is 301 g/mol. The number of halogens is 5. The second kappa shape index (κ2) is 6.06. The van der Waals surface area contributed by atoms with Crippen LogP contribution in [0.2, 0.25) is 6.04 Å². The summed E-state index contributed by atoms with van der Waals surface area (Å²) >= 11 is 0. The molecule has 0 fully saturated rings. The van der Waals surface area contributed by atoms with Gasteiger partial charge in [-0.05, 0) is 18.2 Å². The van der Waals surface area contributed by atoms with E-state index in [0.717, 1.165) is 20.3 Å². The first-order chi connectivity index (χ1) is 9.27. The highest BCUT2D eigenvalue weighted by molar-refractivity contribution is 6.70. The molecule has 0 radical (unpaired) electrons. The summed E-state index contributed by atoms with van der Waals surface area (Å²) in [7, 11) is -2.38. The Hall–Kier alpha value is -1.19. The summed E-state index contributed by atoms with van der Waals surface area (Å²) in [5.74, 6) is -3.14. The van der Waals surface area contributed by atoms with E-state index in [1.165, 1.54) is 6.92 Å². The fraction of sp³-hybridized carbons (Fsp3) is 0.455. The molecule has 0 spiro atoms. The van der Waals surface area contributed by atoms with Crippen molar-refractivity contribution in [3.05, 3.63) is 29.8 Å². The molecular formula is C11H14F5NO2Si. The van der Waals surface area contributed by atoms with E-state index >= 15 is 0 Å². The summed E-state index contributed by atoms with van der Waals surface area (Å²) in [6.45, 7) is 1.34. The second-order valence-electron chi connectivity index (χ2n) is 3.91. The lowest BCUT2D eigenvalue weighted by atomic mass is 10.3. The summed E-state index contributed by atoms with van der Waals surface area (Å²) < 4.78 is 78.2. The van der Waals surface area contributed by atoms with Gasteiger partial charge in [-0.15, -0.1) is 5.12 Å². The van der Waals surface area contributed by atoms with Crippen LogP contribution >= 0.6 is 0 Å². The van der Waals surface area contributed by atoms with Crippen molar-refractivity contribution in [2.24, 2.45) is 0 Å². The van der Waals surface area contributed by atoms with E-state index in [1.807, 2.05) is 0 Å². The molecule has 0 N–H and O–H groups in total. The molecule has 114 valence electrons. The third-order valence-electron chi connectivity index (χ3n) is 2.97. The van der Waals surface area contributed by atoms with Gasteiger partial charge in [0.15, 0.2) is 11.6 Å². The van der Waals surface area contributed by atoms with Crippen molar-refractivity contribution < 1.29 is 30.9 Å². The number of benzene rings is 1. The summed E-state index contributed by atoms with van der Waals surface area (Å²) in [6.07, 6.45) is 0. The predicted molar refractivity (Wildman–Crippen MR) is 65.1 cm³/mol. The van der Waals surface area contributed by atoms with E-state index in [9.17, 15) is 22.0 Å². The van der Waals surface area contributed by atoms with Crippen LogP contribution in [0.4, 0.5) is 27.7 Å². The lowest BCUT2D eigenvalue weighted by Gasteiger charge is -2.36. The molecule has 9 heteroatoms. The van der Waals surface area contributed by atoms with Gasteiger partial charge in [0.2, 0.25) is 0 Å². The van der Waals surface area contributed by atoms with Gasteiger partial charge in [0.25, 0.3) is 0 Å². The van der Waals surface area contributed by atoms with E-state index in [-0.39, 0.29) is 6.04 Å². The Labute approximate surface area is 114 Å². The lowest BCUT2D eigenvalue weighted by molar-refractivity contribution is -0.0183. The fourth-order valence-corrected chi connectivity index (χ4v) is 3.86. The van der Waals surface area contributed by atoms with Crippen LogP contribution in [0, 0.1) is 11.6 Å². The van der Waals surface area contributed by atoms with E-state index in [0.29, 0.717) is 12.1 Å². The number of anilines is 1. The van der Waals surface area contributed by atoms with Crippen LogP contribution in [0.1, 0.15) is 6.92 Å². The van der Waals surface area contributed by atoms with Gasteiger partial charge in [0, 0.05) is 14.2 Å². The second-order valence-corrected chi connectivity index (χ2v) is 7.54. The zero-order valence-corrected chi connectivity index (χ0v) is 12.1. The SMILES string of the molecule is CC[Si](OC)(OC)C(F)(F)N(F)c1cccc(F)c1F. The molecule has 0 unspecified atom stereocenters. The van der Waals surface area contributed by atoms with Gasteiger partial charge in [-0.3, -0.25) is 0 Å². The minimum Gasteiger partial charge on any atom is -0.393 e. The molecule has 0 aliphatic rings. The summed E-state index contributed by atoms with van der Waals surface area (Å²) in [5, 5.41) is -1.13. The molecule has 0 atom stereocenters. The molecule has 0 bridgehead atoms. The molecule has 0 heterocycles. The van der Waals surface area contributed by atoms with Crippen LogP contribution in [0.5, 0.6) is 0 Å². The highest BCUT2D eigenvalue weighted by Crippen LogP contribution is 2.39. The quantitative estimate of drug-likeness (QED) is 0.347. The number of hydrogen-bond acceptors (Lipinski definition) is 3. The van der Waals surface area contributed by atoms with Crippen molar-refractivity contribution in [3.63, 3.8) is 0 Å². The standard InChI is InChI=1S/C11H14F5NO2Si/c1-4-20(18-2,19-3)11(14,15)17(16)9-7-5-6-8(12)10(9)13/h5-7H,4H2,1-3H3. The first-order valence-corrected chi connectivity index (χ1v) is 7.68. The van der Waals surface area contributed by atoms with Gasteiger partial charge in [-0.2, -0.15) is 8.78 Å². The van der Waals surface area contributed by atoms with Crippen molar-refractivity contribution in [2.75, 3.05) is 19.3 Å². The van der Waals surface area contributed by atoms with Crippen molar-refractivity contribution in [3.8, 4) is 0 Å². The average Bonchev–Trinajstić information content (AvgIpc) is 2.43. The maximum atomic E-state index is 14.2. The van der Waals surface area contributed by atoms with Crippen LogP contribution in [-0.4, -0.2) is 28.5 Å². The number of alkyl halides is 2. The maximum Gasteiger partial charge on any atom is 0.444 e. The smallest absolute Gasteiger partial charge is 0.393 e. The number of nitrogens with zero attached hydrogens (tertiary/aromatic N) is 1. The van der Waals surface area contributed by atoms with E-state index in [1.54, 1.807) is 0 Å². The van der Waals surface area contributed by atoms with Gasteiger partial charge < -0.3 is 8.85 Å². The Kier molecular flexibility index (Phi) is 5.11. The third-order valence-corrected chi connectivity index (χ3v) is 6.34. The van der Waals surface area contributed by atoms with Crippen LogP contribution < -0.4 is 5.12 Å². The van der Waals surface area contributed by atoms with Gasteiger partial charge in [-0.25, -0.2) is 8.78 Å². The zero-order chi connectivity index (χ0) is 15.6. The highest BCUT2D eigenvalue weighted by atomic mass is 28.4. The zero-order valence-electron chi connectivity index (χ0n) is 11.1. The van der Waals surface area contributed by atoms with Crippen LogP contribution in [0.3, 0.4) is 0 Å². The molecule has 1 aromatic rings. The van der Waals surface area contributed by atoms with Crippen LogP contribution in [0.25, 0.3) is 0 Å². The van der Waals surface area contributed by atoms with E-state index in [2.05, 4.69) is 8.85 Å². The summed E-state index contributed by atoms with van der Waals surface area (Å²) in [5.41, 5.74) is -5.45. The topological polar surface area (TPSA) is 21.7 Å². The minimum absolute atomic E-state index is 0.287. The Balaban J connectivity index is 3.29. The summed E-state index contributed by atoms with van der Waals surface area (Å²) in [4.78, 5) is 0. The first-order valence-electron chi connectivity index (χ1n) is 5.65. The van der Waals surface area contributed by atoms with E-state index < -0.39 is 36.7 Å². The normalized spacial score (nSPS) is 12.6. The molecule has 20 heavy (non-hydrogen) atoms. The van der Waals surface area contributed by atoms with E-state index in [4.69, 9.17) is 0 Å². The Bertz CT molecular complexity index is 462. The lowest BCUT2D eigenvalue weighted by Crippen LogP contribution is -2.63. The molecule has 0 amide bonds. The van der Waals surface area contributed by atoms with Crippen molar-refractivity contribution >= 4 is 14.2 Å². The average molecular weight is 315 g/mol. The molecule has 0 aliphatic heterocycles. The molecule has 3 nitrogen and oxygen atoms in total. The summed E-state index contributed by atoms with van der Waals surface area (Å²) in [6, 6.07) is 2.03. The Morgan fingerprint density at radius 2 is 1.75 bits per heavy atom.